The molecule has 0 bridgehead atoms. The molecule has 1 aromatic carbocycles. The Balaban J connectivity index is 1.60. The number of para-hydroxylation sites is 1. The molecule has 7 nitrogen and oxygen atoms in total. The molecule has 1 atom stereocenters. The molecule has 7 heteroatoms. The Morgan fingerprint density at radius 2 is 2.00 bits per heavy atom. The van der Waals surface area contributed by atoms with E-state index < -0.39 is 0 Å². The fraction of sp³-hybridized carbons (Fsp3) is 0.500. The van der Waals surface area contributed by atoms with Gasteiger partial charge in [0.1, 0.15) is 0 Å². The van der Waals surface area contributed by atoms with E-state index in [2.05, 4.69) is 10.3 Å². The van der Waals surface area contributed by atoms with Crippen LogP contribution in [0.5, 0.6) is 0 Å². The number of carbonyl (C=O) groups is 1. The molecule has 2 heterocycles. The summed E-state index contributed by atoms with van der Waals surface area (Å²) in [6, 6.07) is 9.81. The highest BCUT2D eigenvalue weighted by Crippen LogP contribution is 2.18. The summed E-state index contributed by atoms with van der Waals surface area (Å²) in [4.78, 5) is 16.2. The summed E-state index contributed by atoms with van der Waals surface area (Å²) in [5.74, 6) is 0.0942. The van der Waals surface area contributed by atoms with E-state index in [1.807, 2.05) is 60.3 Å². The van der Waals surface area contributed by atoms with Gasteiger partial charge >= 0.3 is 0 Å². The van der Waals surface area contributed by atoms with Crippen LogP contribution in [0.3, 0.4) is 0 Å². The van der Waals surface area contributed by atoms with Gasteiger partial charge < -0.3 is 10.0 Å². The number of likely N-dealkylation sites (N-methyl/N-ethyl adjacent to an activating group) is 1. The Hall–Kier alpha value is -2.25. The molecule has 1 saturated heterocycles. The second kappa shape index (κ2) is 7.76. The van der Waals surface area contributed by atoms with Crippen molar-refractivity contribution in [3.8, 4) is 5.69 Å². The molecule has 134 valence electrons. The molecule has 3 rings (SSSR count). The molecule has 1 fully saturated rings. The van der Waals surface area contributed by atoms with Gasteiger partial charge in [0, 0.05) is 13.1 Å². The minimum absolute atomic E-state index is 0.0169. The molecule has 0 spiro atoms. The number of amides is 1. The Morgan fingerprint density at radius 3 is 2.68 bits per heavy atom. The van der Waals surface area contributed by atoms with Crippen LogP contribution < -0.4 is 0 Å². The third kappa shape index (κ3) is 4.24. The lowest BCUT2D eigenvalue weighted by atomic mass is 10.1. The van der Waals surface area contributed by atoms with Crippen LogP contribution in [0.4, 0.5) is 0 Å². The van der Waals surface area contributed by atoms with Crippen LogP contribution in [0, 0.1) is 0 Å². The molecule has 1 amide bonds. The van der Waals surface area contributed by atoms with Gasteiger partial charge in [-0.15, -0.1) is 5.10 Å². The second-order valence-corrected chi connectivity index (χ2v) is 6.63. The summed E-state index contributed by atoms with van der Waals surface area (Å²) < 4.78 is 1.74. The third-order valence-electron chi connectivity index (χ3n) is 4.82. The Bertz CT molecular complexity index is 695. The van der Waals surface area contributed by atoms with E-state index in [-0.39, 0.29) is 18.1 Å². The fourth-order valence-corrected chi connectivity index (χ4v) is 2.97. The van der Waals surface area contributed by atoms with Gasteiger partial charge in [-0.25, -0.2) is 4.68 Å². The number of benzene rings is 1. The summed E-state index contributed by atoms with van der Waals surface area (Å²) in [5.41, 5.74) is 1.78. The fourth-order valence-electron chi connectivity index (χ4n) is 2.97. The maximum atomic E-state index is 12.4. The van der Waals surface area contributed by atoms with Crippen molar-refractivity contribution in [1.82, 2.24) is 24.8 Å². The van der Waals surface area contributed by atoms with Gasteiger partial charge in [0.2, 0.25) is 5.91 Å². The zero-order chi connectivity index (χ0) is 17.8. The standard InChI is InChI=1S/C18H25N5O2/c1-14(17-12-23(20-19-17)15-6-4-3-5-7-15)21(2)13-18(25)22-10-8-16(24)9-11-22/h3-7,12,14,16,24H,8-11,13H2,1-2H3. The summed E-state index contributed by atoms with van der Waals surface area (Å²) in [6.07, 6.45) is 2.96. The maximum absolute atomic E-state index is 12.4. The Morgan fingerprint density at radius 1 is 1.32 bits per heavy atom. The Labute approximate surface area is 147 Å². The van der Waals surface area contributed by atoms with Crippen molar-refractivity contribution in [2.75, 3.05) is 26.7 Å². The van der Waals surface area contributed by atoms with Crippen molar-refractivity contribution in [3.05, 3.63) is 42.2 Å². The molecule has 1 N–H and O–H groups in total. The predicted octanol–water partition coefficient (Wildman–Crippen LogP) is 1.24. The van der Waals surface area contributed by atoms with E-state index in [9.17, 15) is 9.90 Å². The number of hydrogen-bond acceptors (Lipinski definition) is 5. The molecule has 1 aliphatic heterocycles. The van der Waals surface area contributed by atoms with Crippen LogP contribution in [-0.2, 0) is 4.79 Å². The molecule has 0 aliphatic carbocycles. The number of aromatic nitrogens is 3. The normalized spacial score (nSPS) is 17.0. The smallest absolute Gasteiger partial charge is 0.236 e. The largest absolute Gasteiger partial charge is 0.393 e. The Kier molecular flexibility index (Phi) is 5.45. The van der Waals surface area contributed by atoms with Crippen molar-refractivity contribution in [1.29, 1.82) is 0 Å². The molecular weight excluding hydrogens is 318 g/mol. The number of piperidine rings is 1. The highest BCUT2D eigenvalue weighted by Gasteiger charge is 2.24. The SMILES string of the molecule is CC(c1cn(-c2ccccc2)nn1)N(C)CC(=O)N1CCC(O)CC1. The number of likely N-dealkylation sites (tertiary alicyclic amines) is 1. The first-order valence-corrected chi connectivity index (χ1v) is 8.68. The summed E-state index contributed by atoms with van der Waals surface area (Å²) >= 11 is 0. The van der Waals surface area contributed by atoms with E-state index in [0.717, 1.165) is 11.4 Å². The van der Waals surface area contributed by atoms with E-state index in [1.165, 1.54) is 0 Å². The number of aliphatic hydroxyl groups is 1. The average molecular weight is 343 g/mol. The minimum Gasteiger partial charge on any atom is -0.393 e. The van der Waals surface area contributed by atoms with Gasteiger partial charge in [0.05, 0.1) is 36.3 Å². The molecule has 0 radical (unpaired) electrons. The first-order valence-electron chi connectivity index (χ1n) is 8.68. The summed E-state index contributed by atoms with van der Waals surface area (Å²) in [7, 11) is 1.92. The lowest BCUT2D eigenvalue weighted by Gasteiger charge is -2.32. The first-order chi connectivity index (χ1) is 12.0. The lowest BCUT2D eigenvalue weighted by Crippen LogP contribution is -2.44. The number of rotatable bonds is 5. The van der Waals surface area contributed by atoms with Gasteiger partial charge in [0.25, 0.3) is 0 Å². The summed E-state index contributed by atoms with van der Waals surface area (Å²) in [6.45, 7) is 3.61. The van der Waals surface area contributed by atoms with Crippen molar-refractivity contribution in [2.45, 2.75) is 31.9 Å². The maximum Gasteiger partial charge on any atom is 0.236 e. The molecule has 1 unspecified atom stereocenters. The van der Waals surface area contributed by atoms with Crippen LogP contribution in [-0.4, -0.2) is 68.6 Å². The highest BCUT2D eigenvalue weighted by molar-refractivity contribution is 5.78. The monoisotopic (exact) mass is 343 g/mol. The van der Waals surface area contributed by atoms with Crippen LogP contribution >= 0.6 is 0 Å². The van der Waals surface area contributed by atoms with Gasteiger partial charge in [-0.2, -0.15) is 0 Å². The highest BCUT2D eigenvalue weighted by atomic mass is 16.3. The van der Waals surface area contributed by atoms with E-state index in [4.69, 9.17) is 0 Å². The number of carbonyl (C=O) groups excluding carboxylic acids is 1. The third-order valence-corrected chi connectivity index (χ3v) is 4.82. The van der Waals surface area contributed by atoms with E-state index >= 15 is 0 Å². The molecule has 0 saturated carbocycles. The van der Waals surface area contributed by atoms with Crippen LogP contribution in [0.15, 0.2) is 36.5 Å². The quantitative estimate of drug-likeness (QED) is 0.884. The molecule has 2 aromatic rings. The zero-order valence-electron chi connectivity index (χ0n) is 14.7. The molecular formula is C18H25N5O2. The van der Waals surface area contributed by atoms with Crippen LogP contribution in [0.25, 0.3) is 5.69 Å². The number of nitrogens with zero attached hydrogens (tertiary/aromatic N) is 5. The minimum atomic E-state index is -0.270. The van der Waals surface area contributed by atoms with Crippen molar-refractivity contribution in [2.24, 2.45) is 0 Å². The average Bonchev–Trinajstić information content (AvgIpc) is 3.12. The van der Waals surface area contributed by atoms with Gasteiger partial charge in [0.15, 0.2) is 0 Å². The first kappa shape index (κ1) is 17.6. The van der Waals surface area contributed by atoms with Gasteiger partial charge in [-0.05, 0) is 38.9 Å². The van der Waals surface area contributed by atoms with Crippen molar-refractivity contribution in [3.63, 3.8) is 0 Å². The zero-order valence-corrected chi connectivity index (χ0v) is 14.7. The summed E-state index contributed by atoms with van der Waals surface area (Å²) in [5, 5.41) is 18.0. The topological polar surface area (TPSA) is 74.5 Å². The molecule has 25 heavy (non-hydrogen) atoms. The van der Waals surface area contributed by atoms with Crippen LogP contribution in [0.1, 0.15) is 31.5 Å². The predicted molar refractivity (Wildman–Crippen MR) is 94.2 cm³/mol. The van der Waals surface area contributed by atoms with Crippen molar-refractivity contribution < 1.29 is 9.90 Å². The number of aliphatic hydroxyl groups excluding tert-OH is 1. The van der Waals surface area contributed by atoms with E-state index in [0.29, 0.717) is 32.5 Å². The van der Waals surface area contributed by atoms with E-state index in [1.54, 1.807) is 4.68 Å². The molecule has 1 aromatic heterocycles. The lowest BCUT2D eigenvalue weighted by molar-refractivity contribution is -0.134. The second-order valence-electron chi connectivity index (χ2n) is 6.63. The van der Waals surface area contributed by atoms with Gasteiger partial charge in [-0.1, -0.05) is 23.4 Å². The number of hydrogen-bond donors (Lipinski definition) is 1. The van der Waals surface area contributed by atoms with Gasteiger partial charge in [-0.3, -0.25) is 9.69 Å². The van der Waals surface area contributed by atoms with Crippen molar-refractivity contribution >= 4 is 5.91 Å². The van der Waals surface area contributed by atoms with Crippen LogP contribution in [0.2, 0.25) is 0 Å². The molecule has 1 aliphatic rings.